The number of phenols is 1. The summed E-state index contributed by atoms with van der Waals surface area (Å²) in [6.07, 6.45) is 0.653. The number of hydrogen-bond donors (Lipinski definition) is 2. The second-order valence-electron chi connectivity index (χ2n) is 3.69. The molecule has 0 bridgehead atoms. The highest BCUT2D eigenvalue weighted by atomic mass is 16.5. The van der Waals surface area contributed by atoms with Crippen LogP contribution in [0.25, 0.3) is 0 Å². The van der Waals surface area contributed by atoms with Crippen molar-refractivity contribution in [3.8, 4) is 11.5 Å². The molecule has 0 aliphatic heterocycles. The van der Waals surface area contributed by atoms with Crippen LogP contribution in [0.5, 0.6) is 11.5 Å². The lowest BCUT2D eigenvalue weighted by Crippen LogP contribution is -2.10. The number of benzene rings is 1. The fourth-order valence-corrected chi connectivity index (χ4v) is 1.44. The smallest absolute Gasteiger partial charge is 0.120 e. The molecule has 15 heavy (non-hydrogen) atoms. The van der Waals surface area contributed by atoms with Crippen molar-refractivity contribution in [2.45, 2.75) is 19.4 Å². The number of ether oxygens (including phenoxy) is 1. The maximum Gasteiger partial charge on any atom is 0.120 e. The summed E-state index contributed by atoms with van der Waals surface area (Å²) >= 11 is 0. The molecule has 0 fully saturated rings. The highest BCUT2D eigenvalue weighted by Crippen LogP contribution is 2.29. The van der Waals surface area contributed by atoms with Crippen LogP contribution in [0.3, 0.4) is 0 Å². The average Bonchev–Trinajstić information content (AvgIpc) is 2.17. The first kappa shape index (κ1) is 11.6. The minimum absolute atomic E-state index is 0.199. The van der Waals surface area contributed by atoms with Gasteiger partial charge in [-0.2, -0.15) is 0 Å². The monoisotopic (exact) mass is 207 g/mol. The lowest BCUT2D eigenvalue weighted by Gasteiger charge is -2.14. The molecule has 1 aromatic carbocycles. The molecule has 0 heterocycles. The van der Waals surface area contributed by atoms with Crippen LogP contribution in [0.4, 0.5) is 0 Å². The lowest BCUT2D eigenvalue weighted by atomic mass is 10.00. The fourth-order valence-electron chi connectivity index (χ4n) is 1.44. The lowest BCUT2D eigenvalue weighted by molar-refractivity contribution is 0.409. The van der Waals surface area contributed by atoms with Gasteiger partial charge in [0.25, 0.3) is 0 Å². The van der Waals surface area contributed by atoms with Gasteiger partial charge in [-0.05, 0) is 31.5 Å². The van der Waals surface area contributed by atoms with Crippen molar-refractivity contribution >= 4 is 0 Å². The molecule has 1 aromatic rings. The second kappa shape index (κ2) is 4.84. The number of hydrogen-bond acceptors (Lipinski definition) is 3. The van der Waals surface area contributed by atoms with Crippen LogP contribution in [0, 0.1) is 0 Å². The predicted molar refractivity (Wildman–Crippen MR) is 61.0 cm³/mol. The minimum atomic E-state index is -0.238. The summed E-state index contributed by atoms with van der Waals surface area (Å²) in [4.78, 5) is 0. The van der Waals surface area contributed by atoms with Gasteiger partial charge >= 0.3 is 0 Å². The van der Waals surface area contributed by atoms with E-state index in [9.17, 15) is 5.11 Å². The predicted octanol–water partition coefficient (Wildman–Crippen LogP) is 2.37. The number of nitrogens with two attached hydrogens (primary N) is 1. The maximum atomic E-state index is 9.65. The van der Waals surface area contributed by atoms with Gasteiger partial charge in [0, 0.05) is 11.6 Å². The van der Waals surface area contributed by atoms with Gasteiger partial charge in [0.2, 0.25) is 0 Å². The largest absolute Gasteiger partial charge is 0.508 e. The molecule has 0 unspecified atom stereocenters. The Balaban J connectivity index is 2.95. The molecule has 0 amide bonds. The van der Waals surface area contributed by atoms with Gasteiger partial charge in [-0.1, -0.05) is 5.57 Å². The Morgan fingerprint density at radius 3 is 2.80 bits per heavy atom. The topological polar surface area (TPSA) is 55.5 Å². The Bertz CT molecular complexity index is 361. The van der Waals surface area contributed by atoms with E-state index in [1.165, 1.54) is 0 Å². The van der Waals surface area contributed by atoms with Crippen molar-refractivity contribution in [2.75, 3.05) is 7.11 Å². The van der Waals surface area contributed by atoms with E-state index < -0.39 is 0 Å². The molecule has 0 aliphatic carbocycles. The summed E-state index contributed by atoms with van der Waals surface area (Å²) in [5.74, 6) is 0.893. The third-order valence-corrected chi connectivity index (χ3v) is 2.20. The molecule has 0 saturated carbocycles. The van der Waals surface area contributed by atoms with E-state index >= 15 is 0 Å². The second-order valence-corrected chi connectivity index (χ2v) is 3.69. The first-order valence-corrected chi connectivity index (χ1v) is 4.81. The van der Waals surface area contributed by atoms with Crippen molar-refractivity contribution in [3.05, 3.63) is 35.9 Å². The van der Waals surface area contributed by atoms with E-state index in [2.05, 4.69) is 6.58 Å². The summed E-state index contributed by atoms with van der Waals surface area (Å²) in [6.45, 7) is 5.71. The first-order chi connectivity index (χ1) is 7.04. The van der Waals surface area contributed by atoms with Crippen LogP contribution >= 0.6 is 0 Å². The van der Waals surface area contributed by atoms with Crippen LogP contribution in [0.15, 0.2) is 30.4 Å². The fraction of sp³-hybridized carbons (Fsp3) is 0.333. The zero-order valence-corrected chi connectivity index (χ0v) is 9.16. The van der Waals surface area contributed by atoms with Crippen LogP contribution < -0.4 is 10.5 Å². The summed E-state index contributed by atoms with van der Waals surface area (Å²) in [5.41, 5.74) is 7.63. The Kier molecular flexibility index (Phi) is 3.74. The van der Waals surface area contributed by atoms with E-state index in [1.807, 2.05) is 6.92 Å². The quantitative estimate of drug-likeness (QED) is 0.745. The Morgan fingerprint density at radius 2 is 2.27 bits per heavy atom. The van der Waals surface area contributed by atoms with Gasteiger partial charge in [-0.15, -0.1) is 6.58 Å². The Labute approximate surface area is 90.2 Å². The summed E-state index contributed by atoms with van der Waals surface area (Å²) < 4.78 is 5.08. The highest BCUT2D eigenvalue weighted by molar-refractivity contribution is 5.41. The van der Waals surface area contributed by atoms with Gasteiger partial charge in [0.15, 0.2) is 0 Å². The molecule has 1 rings (SSSR count). The van der Waals surface area contributed by atoms with Crippen LogP contribution in [-0.2, 0) is 0 Å². The molecule has 1 atom stereocenters. The zero-order valence-electron chi connectivity index (χ0n) is 9.16. The van der Waals surface area contributed by atoms with Crippen LogP contribution in [0.1, 0.15) is 24.9 Å². The van der Waals surface area contributed by atoms with Crippen molar-refractivity contribution in [1.29, 1.82) is 0 Å². The Hall–Kier alpha value is -1.48. The van der Waals surface area contributed by atoms with Crippen LogP contribution in [-0.4, -0.2) is 12.2 Å². The van der Waals surface area contributed by atoms with E-state index in [1.54, 1.807) is 25.3 Å². The molecule has 0 spiro atoms. The van der Waals surface area contributed by atoms with Gasteiger partial charge in [-0.25, -0.2) is 0 Å². The van der Waals surface area contributed by atoms with Crippen molar-refractivity contribution in [1.82, 2.24) is 0 Å². The third kappa shape index (κ3) is 2.99. The summed E-state index contributed by atoms with van der Waals surface area (Å²) in [6, 6.07) is 4.81. The van der Waals surface area contributed by atoms with Crippen molar-refractivity contribution < 1.29 is 9.84 Å². The molecule has 0 saturated heterocycles. The molecule has 3 N–H and O–H groups in total. The van der Waals surface area contributed by atoms with Gasteiger partial charge in [0.1, 0.15) is 11.5 Å². The van der Waals surface area contributed by atoms with Gasteiger partial charge in [0.05, 0.1) is 7.11 Å². The standard InChI is InChI=1S/C12H17NO2/c1-8(2)6-11(13)10-7-9(15-3)4-5-12(10)14/h4-5,7,11,14H,1,6,13H2,2-3H3/t11-/m1/s1. The molecule has 0 aromatic heterocycles. The number of phenolic OH excluding ortho intramolecular Hbond substituents is 1. The van der Waals surface area contributed by atoms with Crippen molar-refractivity contribution in [2.24, 2.45) is 5.73 Å². The van der Waals surface area contributed by atoms with E-state index in [-0.39, 0.29) is 11.8 Å². The third-order valence-electron chi connectivity index (χ3n) is 2.20. The highest BCUT2D eigenvalue weighted by Gasteiger charge is 2.11. The Morgan fingerprint density at radius 1 is 1.60 bits per heavy atom. The summed E-state index contributed by atoms with van der Waals surface area (Å²) in [5, 5.41) is 9.65. The molecular formula is C12H17NO2. The van der Waals surface area contributed by atoms with Gasteiger partial charge < -0.3 is 15.6 Å². The normalized spacial score (nSPS) is 12.2. The molecule has 82 valence electrons. The SMILES string of the molecule is C=C(C)C[C@@H](N)c1cc(OC)ccc1O. The van der Waals surface area contributed by atoms with E-state index in [4.69, 9.17) is 10.5 Å². The minimum Gasteiger partial charge on any atom is -0.508 e. The maximum absolute atomic E-state index is 9.65. The molecule has 0 aliphatic rings. The first-order valence-electron chi connectivity index (χ1n) is 4.81. The number of rotatable bonds is 4. The molecule has 3 nitrogen and oxygen atoms in total. The van der Waals surface area contributed by atoms with E-state index in [0.29, 0.717) is 17.7 Å². The number of aromatic hydroxyl groups is 1. The zero-order chi connectivity index (χ0) is 11.4. The number of methoxy groups -OCH3 is 1. The summed E-state index contributed by atoms with van der Waals surface area (Å²) in [7, 11) is 1.58. The van der Waals surface area contributed by atoms with Crippen LogP contribution in [0.2, 0.25) is 0 Å². The average molecular weight is 207 g/mol. The molecule has 0 radical (unpaired) electrons. The molecular weight excluding hydrogens is 190 g/mol. The molecule has 3 heteroatoms. The van der Waals surface area contributed by atoms with Crippen molar-refractivity contribution in [3.63, 3.8) is 0 Å². The van der Waals surface area contributed by atoms with Gasteiger partial charge in [-0.3, -0.25) is 0 Å². The van der Waals surface area contributed by atoms with E-state index in [0.717, 1.165) is 5.57 Å².